The molecule has 9 heteroatoms. The van der Waals surface area contributed by atoms with Crippen LogP contribution in [0.3, 0.4) is 0 Å². The molecule has 2 aromatic rings. The van der Waals surface area contributed by atoms with E-state index in [-0.39, 0.29) is 28.8 Å². The summed E-state index contributed by atoms with van der Waals surface area (Å²) < 4.78 is 10.3. The molecule has 0 fully saturated rings. The molecule has 2 N–H and O–H groups in total. The lowest BCUT2D eigenvalue weighted by molar-refractivity contribution is 0.0377. The van der Waals surface area contributed by atoms with E-state index in [9.17, 15) is 14.4 Å². The van der Waals surface area contributed by atoms with Gasteiger partial charge in [0.15, 0.2) is 11.4 Å². The van der Waals surface area contributed by atoms with E-state index in [2.05, 4.69) is 15.3 Å². The fourth-order valence-corrected chi connectivity index (χ4v) is 2.06. The number of carboxylic acids is 1. The highest BCUT2D eigenvalue weighted by Gasteiger charge is 2.21. The number of anilines is 1. The standard InChI is InChI=1S/C17H17N3O6/c1-9(2)26-17(24)10-4-5-12(25-3)11(8-10)20-15(21)13-14(16(22)23)19-7-6-18-13/h4-9H,1-3H3,(H,20,21)(H,22,23). The molecule has 2 rings (SSSR count). The van der Waals surface area contributed by atoms with E-state index < -0.39 is 23.5 Å². The SMILES string of the molecule is COc1ccc(C(=O)OC(C)C)cc1NC(=O)c1nccnc1C(=O)O. The molecule has 0 saturated carbocycles. The van der Waals surface area contributed by atoms with Gasteiger partial charge < -0.3 is 19.9 Å². The molecule has 1 amide bonds. The summed E-state index contributed by atoms with van der Waals surface area (Å²) in [7, 11) is 1.39. The number of rotatable bonds is 6. The first kappa shape index (κ1) is 18.8. The number of carbonyl (C=O) groups is 3. The van der Waals surface area contributed by atoms with Crippen molar-refractivity contribution in [1.82, 2.24) is 9.97 Å². The molecule has 0 bridgehead atoms. The maximum absolute atomic E-state index is 12.4. The minimum Gasteiger partial charge on any atom is -0.495 e. The van der Waals surface area contributed by atoms with E-state index in [0.717, 1.165) is 0 Å². The van der Waals surface area contributed by atoms with E-state index in [1.54, 1.807) is 13.8 Å². The molecule has 0 aliphatic rings. The first-order valence-electron chi connectivity index (χ1n) is 7.58. The van der Waals surface area contributed by atoms with Gasteiger partial charge in [-0.15, -0.1) is 0 Å². The zero-order chi connectivity index (χ0) is 19.3. The van der Waals surface area contributed by atoms with Gasteiger partial charge >= 0.3 is 11.9 Å². The highest BCUT2D eigenvalue weighted by Crippen LogP contribution is 2.26. The van der Waals surface area contributed by atoms with Crippen LogP contribution >= 0.6 is 0 Å². The Kier molecular flexibility index (Phi) is 5.84. The zero-order valence-corrected chi connectivity index (χ0v) is 14.3. The molecule has 0 aliphatic carbocycles. The van der Waals surface area contributed by atoms with Crippen LogP contribution in [0.5, 0.6) is 5.75 Å². The molecule has 26 heavy (non-hydrogen) atoms. The summed E-state index contributed by atoms with van der Waals surface area (Å²) in [4.78, 5) is 43.0. The number of aromatic nitrogens is 2. The van der Waals surface area contributed by atoms with Gasteiger partial charge in [-0.05, 0) is 32.0 Å². The topological polar surface area (TPSA) is 128 Å². The van der Waals surface area contributed by atoms with Crippen LogP contribution in [0.2, 0.25) is 0 Å². The van der Waals surface area contributed by atoms with Crippen molar-refractivity contribution in [3.05, 3.63) is 47.5 Å². The van der Waals surface area contributed by atoms with Crippen molar-refractivity contribution in [1.29, 1.82) is 0 Å². The summed E-state index contributed by atoms with van der Waals surface area (Å²) in [6.07, 6.45) is 2.07. The summed E-state index contributed by atoms with van der Waals surface area (Å²) in [5, 5.41) is 11.6. The average Bonchev–Trinajstić information content (AvgIpc) is 2.61. The van der Waals surface area contributed by atoms with Crippen LogP contribution in [0.25, 0.3) is 0 Å². The minimum absolute atomic E-state index is 0.165. The summed E-state index contributed by atoms with van der Waals surface area (Å²) in [5.41, 5.74) is -0.485. The molecule has 9 nitrogen and oxygen atoms in total. The number of ether oxygens (including phenoxy) is 2. The van der Waals surface area contributed by atoms with Crippen LogP contribution < -0.4 is 10.1 Å². The van der Waals surface area contributed by atoms with Gasteiger partial charge in [0.05, 0.1) is 24.5 Å². The number of amides is 1. The van der Waals surface area contributed by atoms with Crippen LogP contribution in [0.15, 0.2) is 30.6 Å². The van der Waals surface area contributed by atoms with E-state index in [4.69, 9.17) is 14.6 Å². The molecule has 0 aliphatic heterocycles. The number of carboxylic acid groups (broad SMARTS) is 1. The van der Waals surface area contributed by atoms with Crippen molar-refractivity contribution in [2.75, 3.05) is 12.4 Å². The van der Waals surface area contributed by atoms with Gasteiger partial charge in [0.1, 0.15) is 5.75 Å². The number of hydrogen-bond acceptors (Lipinski definition) is 7. The smallest absolute Gasteiger partial charge is 0.356 e. The number of nitrogens with zero attached hydrogens (tertiary/aromatic N) is 2. The van der Waals surface area contributed by atoms with E-state index in [1.165, 1.54) is 37.7 Å². The fourth-order valence-electron chi connectivity index (χ4n) is 2.06. The van der Waals surface area contributed by atoms with E-state index >= 15 is 0 Å². The Morgan fingerprint density at radius 2 is 1.77 bits per heavy atom. The molecular formula is C17H17N3O6. The van der Waals surface area contributed by atoms with Crippen LogP contribution in [0.4, 0.5) is 5.69 Å². The average molecular weight is 359 g/mol. The van der Waals surface area contributed by atoms with Crippen LogP contribution in [0.1, 0.15) is 45.2 Å². The Balaban J connectivity index is 2.34. The maximum Gasteiger partial charge on any atom is 0.356 e. The number of aromatic carboxylic acids is 1. The molecular weight excluding hydrogens is 342 g/mol. The molecule has 1 heterocycles. The highest BCUT2D eigenvalue weighted by atomic mass is 16.5. The summed E-state index contributed by atoms with van der Waals surface area (Å²) >= 11 is 0. The Hall–Kier alpha value is -3.49. The largest absolute Gasteiger partial charge is 0.495 e. The normalized spacial score (nSPS) is 10.3. The third kappa shape index (κ3) is 4.32. The Morgan fingerprint density at radius 1 is 1.12 bits per heavy atom. The van der Waals surface area contributed by atoms with Crippen molar-refractivity contribution in [3.63, 3.8) is 0 Å². The second-order valence-electron chi connectivity index (χ2n) is 5.38. The second kappa shape index (κ2) is 8.06. The Bertz CT molecular complexity index is 850. The molecule has 136 valence electrons. The third-order valence-corrected chi connectivity index (χ3v) is 3.14. The van der Waals surface area contributed by atoms with Crippen LogP contribution in [-0.4, -0.2) is 46.1 Å². The Labute approximate surface area is 149 Å². The molecule has 0 spiro atoms. The molecule has 0 unspecified atom stereocenters. The zero-order valence-electron chi connectivity index (χ0n) is 14.3. The summed E-state index contributed by atoms with van der Waals surface area (Å²) in [6.45, 7) is 3.43. The number of hydrogen-bond donors (Lipinski definition) is 2. The van der Waals surface area contributed by atoms with E-state index in [0.29, 0.717) is 0 Å². The van der Waals surface area contributed by atoms with Crippen molar-refractivity contribution in [2.24, 2.45) is 0 Å². The third-order valence-electron chi connectivity index (χ3n) is 3.14. The van der Waals surface area contributed by atoms with Crippen molar-refractivity contribution in [2.45, 2.75) is 20.0 Å². The second-order valence-corrected chi connectivity index (χ2v) is 5.38. The van der Waals surface area contributed by atoms with Gasteiger partial charge in [0, 0.05) is 12.4 Å². The first-order chi connectivity index (χ1) is 12.3. The van der Waals surface area contributed by atoms with Crippen molar-refractivity contribution in [3.8, 4) is 5.75 Å². The van der Waals surface area contributed by atoms with Gasteiger partial charge in [-0.2, -0.15) is 0 Å². The predicted octanol–water partition coefficient (Wildman–Crippen LogP) is 2.00. The van der Waals surface area contributed by atoms with Gasteiger partial charge in [-0.3, -0.25) is 4.79 Å². The lowest BCUT2D eigenvalue weighted by atomic mass is 10.1. The quantitative estimate of drug-likeness (QED) is 0.750. The number of esters is 1. The van der Waals surface area contributed by atoms with Gasteiger partial charge in [-0.25, -0.2) is 19.6 Å². The molecule has 0 radical (unpaired) electrons. The first-order valence-corrected chi connectivity index (χ1v) is 7.58. The van der Waals surface area contributed by atoms with Crippen molar-refractivity contribution < 1.29 is 29.0 Å². The number of nitrogens with one attached hydrogen (secondary N) is 1. The van der Waals surface area contributed by atoms with E-state index in [1.807, 2.05) is 0 Å². The maximum atomic E-state index is 12.4. The number of carbonyl (C=O) groups excluding carboxylic acids is 2. The van der Waals surface area contributed by atoms with Crippen molar-refractivity contribution >= 4 is 23.5 Å². The molecule has 0 saturated heterocycles. The van der Waals surface area contributed by atoms with Gasteiger partial charge in [0.2, 0.25) is 0 Å². The minimum atomic E-state index is -1.38. The lowest BCUT2D eigenvalue weighted by Gasteiger charge is -2.13. The lowest BCUT2D eigenvalue weighted by Crippen LogP contribution is -2.20. The van der Waals surface area contributed by atoms with Gasteiger partial charge in [-0.1, -0.05) is 0 Å². The summed E-state index contributed by atoms with van der Waals surface area (Å²) in [6, 6.07) is 4.35. The van der Waals surface area contributed by atoms with Gasteiger partial charge in [0.25, 0.3) is 5.91 Å². The van der Waals surface area contributed by atoms with Crippen LogP contribution in [-0.2, 0) is 4.74 Å². The Morgan fingerprint density at radius 3 is 2.35 bits per heavy atom. The summed E-state index contributed by atoms with van der Waals surface area (Å²) in [5.74, 6) is -2.48. The molecule has 1 aromatic heterocycles. The van der Waals surface area contributed by atoms with Crippen LogP contribution in [0, 0.1) is 0 Å². The molecule has 0 atom stereocenters. The number of methoxy groups -OCH3 is 1. The highest BCUT2D eigenvalue weighted by molar-refractivity contribution is 6.09. The monoisotopic (exact) mass is 359 g/mol. The number of benzene rings is 1. The predicted molar refractivity (Wildman–Crippen MR) is 90.5 cm³/mol. The molecule has 1 aromatic carbocycles. The fraction of sp³-hybridized carbons (Fsp3) is 0.235.